The second kappa shape index (κ2) is 14.4. The molecule has 5 nitrogen and oxygen atoms in total. The van der Waals surface area contributed by atoms with E-state index in [1.807, 2.05) is 0 Å². The summed E-state index contributed by atoms with van der Waals surface area (Å²) in [5.74, 6) is 5.00. The molecule has 1 aromatic carbocycles. The maximum absolute atomic E-state index is 6.47. The first kappa shape index (κ1) is 31.0. The highest BCUT2D eigenvalue weighted by Crippen LogP contribution is 2.47. The van der Waals surface area contributed by atoms with E-state index in [9.17, 15) is 0 Å². The zero-order valence-corrected chi connectivity index (χ0v) is 27.2. The molecule has 3 aliphatic carbocycles. The van der Waals surface area contributed by atoms with Gasteiger partial charge in [-0.3, -0.25) is 10.6 Å². The van der Waals surface area contributed by atoms with Crippen LogP contribution in [0.2, 0.25) is 0 Å². The van der Waals surface area contributed by atoms with Gasteiger partial charge in [-0.2, -0.15) is 0 Å². The van der Waals surface area contributed by atoms with Crippen molar-refractivity contribution in [1.82, 2.24) is 15.5 Å². The summed E-state index contributed by atoms with van der Waals surface area (Å²) in [6.07, 6.45) is 15.9. The smallest absolute Gasteiger partial charge is 0.0720 e. The van der Waals surface area contributed by atoms with Gasteiger partial charge in [0.25, 0.3) is 0 Å². The fraction of sp³-hybridized carbons (Fsp3) is 0.838. The summed E-state index contributed by atoms with van der Waals surface area (Å²) >= 11 is 0. The Hall–Kier alpha value is -0.980. The number of benzene rings is 1. The van der Waals surface area contributed by atoms with E-state index < -0.39 is 0 Å². The van der Waals surface area contributed by atoms with Crippen LogP contribution in [0.3, 0.4) is 0 Å². The van der Waals surface area contributed by atoms with Crippen LogP contribution >= 0.6 is 0 Å². The van der Waals surface area contributed by atoms with Crippen molar-refractivity contribution >= 4 is 0 Å². The molecule has 0 aromatic heterocycles. The van der Waals surface area contributed by atoms with Gasteiger partial charge in [0.05, 0.1) is 31.6 Å². The molecular weight excluding hydrogens is 518 g/mol. The predicted molar refractivity (Wildman–Crippen MR) is 172 cm³/mol. The molecule has 2 N–H and O–H groups in total. The van der Waals surface area contributed by atoms with Gasteiger partial charge in [0, 0.05) is 18.6 Å². The molecule has 2 aliphatic heterocycles. The van der Waals surface area contributed by atoms with Crippen molar-refractivity contribution in [3.63, 3.8) is 0 Å². The van der Waals surface area contributed by atoms with Gasteiger partial charge in [-0.05, 0) is 139 Å². The van der Waals surface area contributed by atoms with Gasteiger partial charge in [0.15, 0.2) is 0 Å². The van der Waals surface area contributed by atoms with E-state index in [-0.39, 0.29) is 0 Å². The van der Waals surface area contributed by atoms with Gasteiger partial charge in [0.2, 0.25) is 0 Å². The summed E-state index contributed by atoms with van der Waals surface area (Å²) in [6, 6.07) is 10.2. The number of nitrogens with one attached hydrogen (secondary N) is 2. The highest BCUT2D eigenvalue weighted by molar-refractivity contribution is 5.20. The molecular formula is C37H61N3O2. The molecule has 5 fully saturated rings. The Labute approximate surface area is 257 Å². The van der Waals surface area contributed by atoms with E-state index in [0.717, 1.165) is 55.3 Å². The van der Waals surface area contributed by atoms with Gasteiger partial charge in [0.1, 0.15) is 0 Å². The Bertz CT molecular complexity index is 952. The topological polar surface area (TPSA) is 45.8 Å². The van der Waals surface area contributed by atoms with E-state index in [2.05, 4.69) is 67.5 Å². The van der Waals surface area contributed by atoms with Gasteiger partial charge < -0.3 is 14.4 Å². The molecule has 3 saturated carbocycles. The minimum atomic E-state index is 0.419. The molecule has 5 aliphatic rings. The van der Waals surface area contributed by atoms with Crippen molar-refractivity contribution in [3.05, 3.63) is 35.4 Å². The van der Waals surface area contributed by atoms with E-state index in [1.165, 1.54) is 94.8 Å². The number of rotatable bonds is 9. The van der Waals surface area contributed by atoms with Crippen LogP contribution in [0.4, 0.5) is 0 Å². The van der Waals surface area contributed by atoms with Gasteiger partial charge in [-0.15, -0.1) is 0 Å². The summed E-state index contributed by atoms with van der Waals surface area (Å²) in [5, 5.41) is 8.13. The molecule has 7 atom stereocenters. The molecule has 42 heavy (non-hydrogen) atoms. The van der Waals surface area contributed by atoms with Crippen molar-refractivity contribution in [2.24, 2.45) is 35.5 Å². The minimum absolute atomic E-state index is 0.419. The first-order valence-electron chi connectivity index (χ1n) is 18.0. The third-order valence-electron chi connectivity index (χ3n) is 12.3. The van der Waals surface area contributed by atoms with E-state index in [1.54, 1.807) is 0 Å². The van der Waals surface area contributed by atoms with Crippen molar-refractivity contribution < 1.29 is 9.47 Å². The van der Waals surface area contributed by atoms with Crippen LogP contribution in [0.15, 0.2) is 24.3 Å². The molecule has 0 amide bonds. The summed E-state index contributed by atoms with van der Waals surface area (Å²) in [7, 11) is 0. The lowest BCUT2D eigenvalue weighted by atomic mass is 9.60. The van der Waals surface area contributed by atoms with E-state index in [4.69, 9.17) is 9.47 Å². The molecule has 236 valence electrons. The Balaban J connectivity index is 0.940. The minimum Gasteiger partial charge on any atom is -0.377 e. The van der Waals surface area contributed by atoms with Crippen LogP contribution in [-0.2, 0) is 16.1 Å². The lowest BCUT2D eigenvalue weighted by Crippen LogP contribution is -2.68. The number of aryl methyl sites for hydroxylation is 1. The normalized spacial score (nSPS) is 38.3. The van der Waals surface area contributed by atoms with Crippen molar-refractivity contribution in [1.29, 1.82) is 0 Å². The summed E-state index contributed by atoms with van der Waals surface area (Å²) in [6.45, 7) is 14.6. The second-order valence-corrected chi connectivity index (χ2v) is 15.3. The fourth-order valence-electron chi connectivity index (χ4n) is 9.69. The molecule has 0 bridgehead atoms. The summed E-state index contributed by atoms with van der Waals surface area (Å²) < 4.78 is 12.8. The Kier molecular flexibility index (Phi) is 10.6. The SMILES string of the molecule is Cc1ccc(COC2CCC3C(CCC4C(C5CCN(CCOC6CCC(C(C)C)CC6)CC5)NC(C)NC34)C2)cc1. The lowest BCUT2D eigenvalue weighted by molar-refractivity contribution is -0.0567. The Morgan fingerprint density at radius 3 is 2.19 bits per heavy atom. The predicted octanol–water partition coefficient (Wildman–Crippen LogP) is 6.93. The fourth-order valence-corrected chi connectivity index (χ4v) is 9.69. The third kappa shape index (κ3) is 7.62. The first-order chi connectivity index (χ1) is 20.4. The maximum atomic E-state index is 6.47. The average molecular weight is 580 g/mol. The zero-order valence-electron chi connectivity index (χ0n) is 27.2. The van der Waals surface area contributed by atoms with Crippen LogP contribution in [0, 0.1) is 42.4 Å². The number of likely N-dealkylation sites (tertiary alicyclic amines) is 1. The number of nitrogens with zero attached hydrogens (tertiary/aromatic N) is 1. The first-order valence-corrected chi connectivity index (χ1v) is 18.0. The number of piperidine rings is 1. The molecule has 1 aromatic rings. The molecule has 2 heterocycles. The molecule has 5 heteroatoms. The monoisotopic (exact) mass is 579 g/mol. The third-order valence-corrected chi connectivity index (χ3v) is 12.3. The van der Waals surface area contributed by atoms with Crippen molar-refractivity contribution in [3.8, 4) is 0 Å². The van der Waals surface area contributed by atoms with E-state index in [0.29, 0.717) is 30.5 Å². The lowest BCUT2D eigenvalue weighted by Gasteiger charge is -2.55. The average Bonchev–Trinajstić information content (AvgIpc) is 3.01. The number of ether oxygens (including phenoxy) is 2. The molecule has 2 saturated heterocycles. The quantitative estimate of drug-likeness (QED) is 0.332. The Morgan fingerprint density at radius 1 is 0.762 bits per heavy atom. The van der Waals surface area contributed by atoms with Crippen LogP contribution < -0.4 is 10.6 Å². The molecule has 6 rings (SSSR count). The van der Waals surface area contributed by atoms with Crippen LogP contribution in [0.1, 0.15) is 103 Å². The molecule has 0 radical (unpaired) electrons. The van der Waals surface area contributed by atoms with Crippen LogP contribution in [0.5, 0.6) is 0 Å². The van der Waals surface area contributed by atoms with E-state index >= 15 is 0 Å². The van der Waals surface area contributed by atoms with Crippen molar-refractivity contribution in [2.75, 3.05) is 26.2 Å². The number of fused-ring (bicyclic) bond motifs is 3. The maximum Gasteiger partial charge on any atom is 0.0720 e. The zero-order chi connectivity index (χ0) is 29.1. The molecule has 0 spiro atoms. The number of hydrogen-bond acceptors (Lipinski definition) is 5. The van der Waals surface area contributed by atoms with Gasteiger partial charge in [-0.1, -0.05) is 43.7 Å². The summed E-state index contributed by atoms with van der Waals surface area (Å²) in [4.78, 5) is 2.69. The Morgan fingerprint density at radius 2 is 1.45 bits per heavy atom. The van der Waals surface area contributed by atoms with Gasteiger partial charge in [-0.25, -0.2) is 0 Å². The number of hydrogen-bond donors (Lipinski definition) is 2. The largest absolute Gasteiger partial charge is 0.377 e. The van der Waals surface area contributed by atoms with Gasteiger partial charge >= 0.3 is 0 Å². The van der Waals surface area contributed by atoms with Crippen molar-refractivity contribution in [2.45, 2.75) is 135 Å². The van der Waals surface area contributed by atoms with Crippen LogP contribution in [-0.4, -0.2) is 61.6 Å². The standard InChI is InChI=1S/C37H61N3O2/c1-25(2)29-9-12-32(13-10-29)41-22-21-40-19-17-30(18-20-40)36-35-15-11-31-23-33(42-24-28-7-5-26(3)6-8-28)14-16-34(31)37(35)39-27(4)38-36/h5-8,25,27,29-39H,9-24H2,1-4H3. The molecule has 7 unspecified atom stereocenters. The van der Waals surface area contributed by atoms with Crippen LogP contribution in [0.25, 0.3) is 0 Å². The highest BCUT2D eigenvalue weighted by Gasteiger charge is 2.49. The summed E-state index contributed by atoms with van der Waals surface area (Å²) in [5.41, 5.74) is 2.63. The highest BCUT2D eigenvalue weighted by atomic mass is 16.5. The second-order valence-electron chi connectivity index (χ2n) is 15.3.